The zero-order valence-electron chi connectivity index (χ0n) is 11.1. The second kappa shape index (κ2) is 6.75. The number of nitrogens with zero attached hydrogens (tertiary/aromatic N) is 1. The summed E-state index contributed by atoms with van der Waals surface area (Å²) in [6.45, 7) is 0.225. The second-order valence-corrected chi connectivity index (χ2v) is 6.84. The second-order valence-electron chi connectivity index (χ2n) is 4.76. The van der Waals surface area contributed by atoms with E-state index in [9.17, 15) is 26.4 Å². The minimum absolute atomic E-state index is 0.0129. The first kappa shape index (κ1) is 17.2. The molecule has 1 rings (SSSR count). The van der Waals surface area contributed by atoms with Crippen molar-refractivity contribution in [1.29, 1.82) is 0 Å². The van der Waals surface area contributed by atoms with Crippen molar-refractivity contribution in [3.63, 3.8) is 0 Å². The third kappa shape index (κ3) is 5.28. The number of carbonyl (C=O) groups excluding carboxylic acids is 1. The summed E-state index contributed by atoms with van der Waals surface area (Å²) >= 11 is 0. The highest BCUT2D eigenvalue weighted by molar-refractivity contribution is 7.89. The Morgan fingerprint density at radius 1 is 1.40 bits per heavy atom. The van der Waals surface area contributed by atoms with Crippen LogP contribution in [0.3, 0.4) is 0 Å². The lowest BCUT2D eigenvalue weighted by Gasteiger charge is -2.30. The van der Waals surface area contributed by atoms with Crippen LogP contribution >= 0.6 is 0 Å². The monoisotopic (exact) mass is 317 g/mol. The molecule has 0 bridgehead atoms. The smallest absolute Gasteiger partial charge is 0.389 e. The Kier molecular flexibility index (Phi) is 5.81. The fourth-order valence-corrected chi connectivity index (χ4v) is 3.72. The molecule has 0 aliphatic carbocycles. The molecule has 1 aliphatic heterocycles. The number of halogens is 3. The maximum Gasteiger partial charge on any atom is 0.389 e. The molecule has 1 saturated heterocycles. The van der Waals surface area contributed by atoms with Crippen molar-refractivity contribution in [2.24, 2.45) is 5.92 Å². The summed E-state index contributed by atoms with van der Waals surface area (Å²) in [5, 5.41) is 0. The quantitative estimate of drug-likeness (QED) is 0.722. The number of sulfonamides is 1. The standard InChI is InChI=1S/C11H18F3NO4S/c1-19-10(16)9-4-2-6-15(8-9)20(17,18)7-3-5-11(12,13)14/h9H,2-8H2,1H3/t9-/m0/s1. The van der Waals surface area contributed by atoms with Gasteiger partial charge >= 0.3 is 12.1 Å². The van der Waals surface area contributed by atoms with Crippen LogP contribution < -0.4 is 0 Å². The predicted molar refractivity (Wildman–Crippen MR) is 65.4 cm³/mol. The number of piperidine rings is 1. The van der Waals surface area contributed by atoms with Crippen LogP contribution in [0.5, 0.6) is 0 Å². The molecule has 0 radical (unpaired) electrons. The molecule has 0 N–H and O–H groups in total. The number of hydrogen-bond acceptors (Lipinski definition) is 4. The molecular weight excluding hydrogens is 299 g/mol. The molecule has 5 nitrogen and oxygen atoms in total. The average molecular weight is 317 g/mol. The van der Waals surface area contributed by atoms with Crippen molar-refractivity contribution in [3.05, 3.63) is 0 Å². The lowest BCUT2D eigenvalue weighted by atomic mass is 10.0. The number of esters is 1. The van der Waals surface area contributed by atoms with Crippen LogP contribution in [-0.2, 0) is 19.6 Å². The third-order valence-corrected chi connectivity index (χ3v) is 5.10. The van der Waals surface area contributed by atoms with Gasteiger partial charge in [0.05, 0.1) is 18.8 Å². The van der Waals surface area contributed by atoms with Crippen molar-refractivity contribution >= 4 is 16.0 Å². The molecular formula is C11H18F3NO4S. The molecule has 1 atom stereocenters. The zero-order chi connectivity index (χ0) is 15.4. The zero-order valence-corrected chi connectivity index (χ0v) is 12.0. The number of hydrogen-bond donors (Lipinski definition) is 0. The Hall–Kier alpha value is -0.830. The molecule has 0 amide bonds. The first-order chi connectivity index (χ1) is 9.15. The van der Waals surface area contributed by atoms with E-state index in [-0.39, 0.29) is 13.1 Å². The van der Waals surface area contributed by atoms with Gasteiger partial charge in [-0.15, -0.1) is 0 Å². The Balaban J connectivity index is 2.56. The highest BCUT2D eigenvalue weighted by Gasteiger charge is 2.34. The summed E-state index contributed by atoms with van der Waals surface area (Å²) in [6, 6.07) is 0. The molecule has 0 unspecified atom stereocenters. The van der Waals surface area contributed by atoms with Gasteiger partial charge in [0.2, 0.25) is 10.0 Å². The molecule has 0 aromatic heterocycles. The molecule has 0 aromatic rings. The van der Waals surface area contributed by atoms with Crippen molar-refractivity contribution in [1.82, 2.24) is 4.31 Å². The molecule has 0 saturated carbocycles. The van der Waals surface area contributed by atoms with E-state index in [1.54, 1.807) is 0 Å². The summed E-state index contributed by atoms with van der Waals surface area (Å²) in [7, 11) is -2.53. The van der Waals surface area contributed by atoms with Crippen LogP contribution in [0.2, 0.25) is 0 Å². The third-order valence-electron chi connectivity index (χ3n) is 3.17. The van der Waals surface area contributed by atoms with Crippen molar-refractivity contribution in [2.45, 2.75) is 31.9 Å². The van der Waals surface area contributed by atoms with Gasteiger partial charge in [0, 0.05) is 19.5 Å². The molecule has 1 fully saturated rings. The Bertz CT molecular complexity index is 435. The largest absolute Gasteiger partial charge is 0.469 e. The Morgan fingerprint density at radius 3 is 2.60 bits per heavy atom. The Labute approximate surface area is 116 Å². The highest BCUT2D eigenvalue weighted by Crippen LogP contribution is 2.24. The average Bonchev–Trinajstić information content (AvgIpc) is 2.36. The van der Waals surface area contributed by atoms with E-state index in [1.807, 2.05) is 0 Å². The summed E-state index contributed by atoms with van der Waals surface area (Å²) in [6.07, 6.45) is -4.92. The topological polar surface area (TPSA) is 63.7 Å². The van der Waals surface area contributed by atoms with Gasteiger partial charge in [0.25, 0.3) is 0 Å². The van der Waals surface area contributed by atoms with E-state index >= 15 is 0 Å². The highest BCUT2D eigenvalue weighted by atomic mass is 32.2. The molecule has 0 spiro atoms. The maximum absolute atomic E-state index is 12.0. The minimum Gasteiger partial charge on any atom is -0.469 e. The first-order valence-corrected chi connectivity index (χ1v) is 7.89. The van der Waals surface area contributed by atoms with Crippen molar-refractivity contribution < 1.29 is 31.1 Å². The number of alkyl halides is 3. The molecule has 1 heterocycles. The van der Waals surface area contributed by atoms with E-state index in [4.69, 9.17) is 0 Å². The SMILES string of the molecule is COC(=O)[C@H]1CCCN(S(=O)(=O)CCCC(F)(F)F)C1. The van der Waals surface area contributed by atoms with Gasteiger partial charge in [-0.1, -0.05) is 0 Å². The van der Waals surface area contributed by atoms with Gasteiger partial charge in [0.1, 0.15) is 0 Å². The van der Waals surface area contributed by atoms with Gasteiger partial charge in [0.15, 0.2) is 0 Å². The normalized spacial score (nSPS) is 21.7. The Morgan fingerprint density at radius 2 is 2.05 bits per heavy atom. The van der Waals surface area contributed by atoms with Gasteiger partial charge in [-0.05, 0) is 19.3 Å². The van der Waals surface area contributed by atoms with E-state index in [1.165, 1.54) is 7.11 Å². The molecule has 118 valence electrons. The van der Waals surface area contributed by atoms with Crippen LogP contribution in [0.25, 0.3) is 0 Å². The summed E-state index contributed by atoms with van der Waals surface area (Å²) in [5.74, 6) is -1.58. The number of rotatable bonds is 5. The van der Waals surface area contributed by atoms with Gasteiger partial charge < -0.3 is 4.74 Å². The number of ether oxygens (including phenoxy) is 1. The number of carbonyl (C=O) groups is 1. The maximum atomic E-state index is 12.0. The van der Waals surface area contributed by atoms with Crippen molar-refractivity contribution in [2.75, 3.05) is 26.0 Å². The molecule has 9 heteroatoms. The van der Waals surface area contributed by atoms with E-state index < -0.39 is 46.7 Å². The summed E-state index contributed by atoms with van der Waals surface area (Å²) < 4.78 is 65.6. The van der Waals surface area contributed by atoms with Crippen LogP contribution in [0.15, 0.2) is 0 Å². The van der Waals surface area contributed by atoms with Crippen LogP contribution in [0.4, 0.5) is 13.2 Å². The number of methoxy groups -OCH3 is 1. The summed E-state index contributed by atoms with van der Waals surface area (Å²) in [4.78, 5) is 11.4. The van der Waals surface area contributed by atoms with Crippen LogP contribution in [-0.4, -0.2) is 50.8 Å². The van der Waals surface area contributed by atoms with Crippen LogP contribution in [0, 0.1) is 5.92 Å². The predicted octanol–water partition coefficient (Wildman–Crippen LogP) is 1.54. The fourth-order valence-electron chi connectivity index (χ4n) is 2.14. The van der Waals surface area contributed by atoms with E-state index in [0.717, 1.165) is 4.31 Å². The van der Waals surface area contributed by atoms with Gasteiger partial charge in [-0.3, -0.25) is 4.79 Å². The fraction of sp³-hybridized carbons (Fsp3) is 0.909. The minimum atomic E-state index is -4.36. The lowest BCUT2D eigenvalue weighted by Crippen LogP contribution is -2.43. The molecule has 0 aromatic carbocycles. The van der Waals surface area contributed by atoms with Gasteiger partial charge in [-0.25, -0.2) is 12.7 Å². The first-order valence-electron chi connectivity index (χ1n) is 6.28. The lowest BCUT2D eigenvalue weighted by molar-refractivity contribution is -0.146. The molecule has 20 heavy (non-hydrogen) atoms. The van der Waals surface area contributed by atoms with Gasteiger partial charge in [-0.2, -0.15) is 13.2 Å². The molecule has 1 aliphatic rings. The summed E-state index contributed by atoms with van der Waals surface area (Å²) in [5.41, 5.74) is 0. The van der Waals surface area contributed by atoms with E-state index in [2.05, 4.69) is 4.74 Å². The van der Waals surface area contributed by atoms with E-state index in [0.29, 0.717) is 12.8 Å². The van der Waals surface area contributed by atoms with Crippen LogP contribution in [0.1, 0.15) is 25.7 Å². The van der Waals surface area contributed by atoms with Crippen molar-refractivity contribution in [3.8, 4) is 0 Å².